The lowest BCUT2D eigenvalue weighted by atomic mass is 10.0. The molecular weight excluding hydrogens is 314 g/mol. The largest absolute Gasteiger partial charge is 0.506 e. The van der Waals surface area contributed by atoms with E-state index in [1.165, 1.54) is 4.90 Å². The van der Waals surface area contributed by atoms with E-state index in [0.717, 1.165) is 0 Å². The minimum Gasteiger partial charge on any atom is -0.506 e. The van der Waals surface area contributed by atoms with Crippen LogP contribution in [0.4, 0.5) is 16.2 Å². The highest BCUT2D eigenvalue weighted by Gasteiger charge is 2.31. The third kappa shape index (κ3) is 3.38. The fourth-order valence-corrected chi connectivity index (χ4v) is 3.17. The molecule has 8 heteroatoms. The van der Waals surface area contributed by atoms with Gasteiger partial charge in [-0.1, -0.05) is 0 Å². The Morgan fingerprint density at radius 3 is 2.67 bits per heavy atom. The van der Waals surface area contributed by atoms with Gasteiger partial charge in [0, 0.05) is 31.4 Å². The Bertz CT molecular complexity index is 630. The first kappa shape index (κ1) is 16.4. The lowest BCUT2D eigenvalue weighted by Gasteiger charge is -2.33. The summed E-state index contributed by atoms with van der Waals surface area (Å²) >= 11 is 0. The molecule has 2 aliphatic heterocycles. The highest BCUT2D eigenvalue weighted by atomic mass is 16.5. The number of rotatable bonds is 3. The van der Waals surface area contributed by atoms with E-state index in [-0.39, 0.29) is 11.7 Å². The Hall–Kier alpha value is -2.48. The molecule has 2 saturated heterocycles. The number of phenolic OH excluding ortho intramolecular Hbond substituents is 1. The van der Waals surface area contributed by atoms with Gasteiger partial charge in [-0.25, -0.2) is 4.79 Å². The molecule has 0 bridgehead atoms. The number of piperidine rings is 1. The SMILES string of the molecule is O=C(O)NC1CCCN(c2ccc(N3CCOCC3)c(O)c2)C1=O. The molecule has 2 aliphatic rings. The van der Waals surface area contributed by atoms with Gasteiger partial charge >= 0.3 is 6.09 Å². The van der Waals surface area contributed by atoms with E-state index < -0.39 is 12.1 Å². The molecule has 1 aromatic carbocycles. The number of hydrogen-bond acceptors (Lipinski definition) is 5. The molecule has 2 heterocycles. The van der Waals surface area contributed by atoms with Gasteiger partial charge in [0.05, 0.1) is 18.9 Å². The van der Waals surface area contributed by atoms with Crippen LogP contribution in [0.5, 0.6) is 5.75 Å². The summed E-state index contributed by atoms with van der Waals surface area (Å²) in [4.78, 5) is 26.8. The van der Waals surface area contributed by atoms with Crippen molar-refractivity contribution in [1.82, 2.24) is 5.32 Å². The van der Waals surface area contributed by atoms with Gasteiger partial charge in [0.25, 0.3) is 0 Å². The van der Waals surface area contributed by atoms with E-state index in [4.69, 9.17) is 9.84 Å². The van der Waals surface area contributed by atoms with Gasteiger partial charge < -0.3 is 30.1 Å². The molecule has 8 nitrogen and oxygen atoms in total. The van der Waals surface area contributed by atoms with Crippen LogP contribution in [0.2, 0.25) is 0 Å². The van der Waals surface area contributed by atoms with Gasteiger partial charge in [0.2, 0.25) is 5.91 Å². The monoisotopic (exact) mass is 335 g/mol. The summed E-state index contributed by atoms with van der Waals surface area (Å²) < 4.78 is 5.31. The van der Waals surface area contributed by atoms with Gasteiger partial charge in [-0.15, -0.1) is 0 Å². The van der Waals surface area contributed by atoms with E-state index in [2.05, 4.69) is 5.32 Å². The third-order valence-electron chi connectivity index (χ3n) is 4.36. The average molecular weight is 335 g/mol. The second kappa shape index (κ2) is 6.96. The fourth-order valence-electron chi connectivity index (χ4n) is 3.17. The molecule has 24 heavy (non-hydrogen) atoms. The summed E-state index contributed by atoms with van der Waals surface area (Å²) in [5.41, 5.74) is 1.29. The van der Waals surface area contributed by atoms with Crippen LogP contribution in [-0.4, -0.2) is 61.1 Å². The number of benzene rings is 1. The molecule has 2 amide bonds. The van der Waals surface area contributed by atoms with Crippen LogP contribution in [-0.2, 0) is 9.53 Å². The molecule has 0 aliphatic carbocycles. The first-order chi connectivity index (χ1) is 11.6. The Balaban J connectivity index is 1.77. The molecule has 1 aromatic rings. The first-order valence-electron chi connectivity index (χ1n) is 8.03. The zero-order valence-electron chi connectivity index (χ0n) is 13.3. The van der Waals surface area contributed by atoms with Crippen LogP contribution < -0.4 is 15.1 Å². The molecule has 3 N–H and O–H groups in total. The smallest absolute Gasteiger partial charge is 0.405 e. The van der Waals surface area contributed by atoms with E-state index in [1.54, 1.807) is 18.2 Å². The maximum Gasteiger partial charge on any atom is 0.405 e. The summed E-state index contributed by atoms with van der Waals surface area (Å²) in [7, 11) is 0. The molecule has 0 aromatic heterocycles. The summed E-state index contributed by atoms with van der Waals surface area (Å²) in [5.74, 6) is -0.183. The second-order valence-corrected chi connectivity index (χ2v) is 5.91. The molecule has 0 saturated carbocycles. The maximum atomic E-state index is 12.5. The molecule has 1 unspecified atom stereocenters. The lowest BCUT2D eigenvalue weighted by Crippen LogP contribution is -2.52. The van der Waals surface area contributed by atoms with Crippen molar-refractivity contribution >= 4 is 23.4 Å². The van der Waals surface area contributed by atoms with Crippen molar-refractivity contribution in [3.05, 3.63) is 18.2 Å². The number of phenols is 1. The Kier molecular flexibility index (Phi) is 4.75. The number of ether oxygens (including phenoxy) is 1. The van der Waals surface area contributed by atoms with Crippen LogP contribution in [0, 0.1) is 0 Å². The number of carbonyl (C=O) groups is 2. The van der Waals surface area contributed by atoms with Crippen molar-refractivity contribution in [3.63, 3.8) is 0 Å². The van der Waals surface area contributed by atoms with E-state index in [0.29, 0.717) is 57.1 Å². The van der Waals surface area contributed by atoms with Gasteiger partial charge in [-0.2, -0.15) is 0 Å². The van der Waals surface area contributed by atoms with Crippen molar-refractivity contribution < 1.29 is 24.5 Å². The van der Waals surface area contributed by atoms with Crippen molar-refractivity contribution in [2.45, 2.75) is 18.9 Å². The predicted octanol–water partition coefficient (Wildman–Crippen LogP) is 0.992. The number of hydrogen-bond donors (Lipinski definition) is 3. The van der Waals surface area contributed by atoms with E-state index in [9.17, 15) is 14.7 Å². The van der Waals surface area contributed by atoms with Crippen LogP contribution in [0.1, 0.15) is 12.8 Å². The summed E-state index contributed by atoms with van der Waals surface area (Å²) in [6, 6.07) is 4.40. The van der Waals surface area contributed by atoms with E-state index in [1.807, 2.05) is 4.90 Å². The van der Waals surface area contributed by atoms with Crippen LogP contribution >= 0.6 is 0 Å². The maximum absolute atomic E-state index is 12.5. The first-order valence-corrected chi connectivity index (χ1v) is 8.03. The number of carboxylic acid groups (broad SMARTS) is 1. The van der Waals surface area contributed by atoms with Crippen molar-refractivity contribution in [3.8, 4) is 5.75 Å². The van der Waals surface area contributed by atoms with Crippen molar-refractivity contribution in [2.75, 3.05) is 42.6 Å². The molecular formula is C16H21N3O5. The number of aromatic hydroxyl groups is 1. The van der Waals surface area contributed by atoms with Gasteiger partial charge in [-0.3, -0.25) is 4.79 Å². The molecule has 0 radical (unpaired) electrons. The number of morpholine rings is 1. The number of amides is 2. The number of nitrogens with one attached hydrogen (secondary N) is 1. The molecule has 130 valence electrons. The molecule has 0 spiro atoms. The molecule has 1 atom stereocenters. The third-order valence-corrected chi connectivity index (χ3v) is 4.36. The van der Waals surface area contributed by atoms with Crippen LogP contribution in [0.25, 0.3) is 0 Å². The van der Waals surface area contributed by atoms with E-state index >= 15 is 0 Å². The lowest BCUT2D eigenvalue weighted by molar-refractivity contribution is -0.121. The number of carbonyl (C=O) groups excluding carboxylic acids is 1. The highest BCUT2D eigenvalue weighted by Crippen LogP contribution is 2.33. The molecule has 2 fully saturated rings. The topological polar surface area (TPSA) is 102 Å². The van der Waals surface area contributed by atoms with Crippen molar-refractivity contribution in [1.29, 1.82) is 0 Å². The highest BCUT2D eigenvalue weighted by molar-refractivity contribution is 5.99. The van der Waals surface area contributed by atoms with Gasteiger partial charge in [0.1, 0.15) is 11.8 Å². The summed E-state index contributed by atoms with van der Waals surface area (Å²) in [5, 5.41) is 21.4. The standard InChI is InChI=1S/C16H21N3O5/c20-14-10-11(3-4-13(14)18-6-8-24-9-7-18)19-5-1-2-12(15(19)21)17-16(22)23/h3-4,10,12,17,20H,1-2,5-9H2,(H,22,23). The molecule has 3 rings (SSSR count). The van der Waals surface area contributed by atoms with Crippen molar-refractivity contribution in [2.24, 2.45) is 0 Å². The summed E-state index contributed by atoms with van der Waals surface area (Å²) in [6.07, 6.45) is -0.0250. The second-order valence-electron chi connectivity index (χ2n) is 5.91. The fraction of sp³-hybridized carbons (Fsp3) is 0.500. The Morgan fingerprint density at radius 1 is 1.25 bits per heavy atom. The van der Waals surface area contributed by atoms with Crippen LogP contribution in [0.15, 0.2) is 18.2 Å². The number of nitrogens with zero attached hydrogens (tertiary/aromatic N) is 2. The number of anilines is 2. The van der Waals surface area contributed by atoms with Crippen LogP contribution in [0.3, 0.4) is 0 Å². The predicted molar refractivity (Wildman–Crippen MR) is 87.7 cm³/mol. The van der Waals surface area contributed by atoms with Gasteiger partial charge in [0.15, 0.2) is 0 Å². The minimum absolute atomic E-state index is 0.107. The average Bonchev–Trinajstić information content (AvgIpc) is 2.57. The zero-order valence-corrected chi connectivity index (χ0v) is 13.3. The normalized spacial score (nSPS) is 21.7. The summed E-state index contributed by atoms with van der Waals surface area (Å²) in [6.45, 7) is 3.16. The Morgan fingerprint density at radius 2 is 2.00 bits per heavy atom. The van der Waals surface area contributed by atoms with Gasteiger partial charge in [-0.05, 0) is 25.0 Å². The quantitative estimate of drug-likeness (QED) is 0.761. The zero-order chi connectivity index (χ0) is 17.1. The minimum atomic E-state index is -1.21. The Labute approximate surface area is 139 Å².